The van der Waals surface area contributed by atoms with Crippen molar-refractivity contribution < 1.29 is 19.4 Å². The summed E-state index contributed by atoms with van der Waals surface area (Å²) in [6.07, 6.45) is -0.400. The molecule has 0 saturated heterocycles. The number of carbonyl (C=O) groups excluding carboxylic acids is 1. The zero-order valence-corrected chi connectivity index (χ0v) is 11.1. The van der Waals surface area contributed by atoms with Gasteiger partial charge in [-0.3, -0.25) is 4.79 Å². The van der Waals surface area contributed by atoms with Gasteiger partial charge in [-0.1, -0.05) is 25.1 Å². The molecule has 0 aliphatic heterocycles. The van der Waals surface area contributed by atoms with Gasteiger partial charge in [0.2, 0.25) is 0 Å². The highest BCUT2D eigenvalue weighted by Gasteiger charge is 2.29. The second-order valence-electron chi connectivity index (χ2n) is 3.95. The van der Waals surface area contributed by atoms with Crippen molar-refractivity contribution in [1.82, 2.24) is 0 Å². The standard InChI is InChI=1S/C14H20O4/c1-4-10(14(16)18-5-2)13(15)11-8-6-7-9-12(11)17-3/h6-10,13,15H,4-5H2,1-3H3. The molecule has 1 N–H and O–H groups in total. The number of rotatable bonds is 6. The molecule has 0 bridgehead atoms. The molecule has 2 unspecified atom stereocenters. The number of aliphatic hydroxyl groups is 1. The fourth-order valence-corrected chi connectivity index (χ4v) is 1.90. The Morgan fingerprint density at radius 3 is 2.56 bits per heavy atom. The number of para-hydroxylation sites is 1. The number of hydrogen-bond donors (Lipinski definition) is 1. The fourth-order valence-electron chi connectivity index (χ4n) is 1.90. The normalized spacial score (nSPS) is 13.8. The van der Waals surface area contributed by atoms with Gasteiger partial charge in [0, 0.05) is 5.56 Å². The van der Waals surface area contributed by atoms with Crippen molar-refractivity contribution in [2.24, 2.45) is 5.92 Å². The van der Waals surface area contributed by atoms with E-state index in [9.17, 15) is 9.90 Å². The van der Waals surface area contributed by atoms with E-state index >= 15 is 0 Å². The number of benzene rings is 1. The van der Waals surface area contributed by atoms with Crippen LogP contribution in [0.25, 0.3) is 0 Å². The monoisotopic (exact) mass is 252 g/mol. The predicted molar refractivity (Wildman–Crippen MR) is 68.4 cm³/mol. The van der Waals surface area contributed by atoms with Crippen LogP contribution in [0.1, 0.15) is 31.9 Å². The van der Waals surface area contributed by atoms with E-state index in [1.54, 1.807) is 25.1 Å². The van der Waals surface area contributed by atoms with Crippen molar-refractivity contribution in [1.29, 1.82) is 0 Å². The first-order valence-electron chi connectivity index (χ1n) is 6.13. The van der Waals surface area contributed by atoms with Gasteiger partial charge in [-0.15, -0.1) is 0 Å². The van der Waals surface area contributed by atoms with E-state index in [4.69, 9.17) is 9.47 Å². The Morgan fingerprint density at radius 2 is 2.00 bits per heavy atom. The van der Waals surface area contributed by atoms with Crippen molar-refractivity contribution in [2.75, 3.05) is 13.7 Å². The molecule has 1 aromatic rings. The third kappa shape index (κ3) is 3.23. The molecule has 4 heteroatoms. The van der Waals surface area contributed by atoms with Gasteiger partial charge < -0.3 is 14.6 Å². The molecule has 100 valence electrons. The molecule has 1 rings (SSSR count). The topological polar surface area (TPSA) is 55.8 Å². The van der Waals surface area contributed by atoms with E-state index in [-0.39, 0.29) is 5.97 Å². The van der Waals surface area contributed by atoms with E-state index in [0.717, 1.165) is 0 Å². The van der Waals surface area contributed by atoms with Crippen LogP contribution in [0.5, 0.6) is 5.75 Å². The minimum absolute atomic E-state index is 0.313. The van der Waals surface area contributed by atoms with Crippen LogP contribution in [-0.2, 0) is 9.53 Å². The molecule has 0 radical (unpaired) electrons. The Balaban J connectivity index is 2.95. The summed E-state index contributed by atoms with van der Waals surface area (Å²) >= 11 is 0. The molecule has 0 amide bonds. The predicted octanol–water partition coefficient (Wildman–Crippen LogP) is 2.32. The molecular weight excluding hydrogens is 232 g/mol. The summed E-state index contributed by atoms with van der Waals surface area (Å²) in [5.74, 6) is -0.368. The lowest BCUT2D eigenvalue weighted by Gasteiger charge is -2.21. The number of ether oxygens (including phenoxy) is 2. The van der Waals surface area contributed by atoms with Crippen molar-refractivity contribution in [3.63, 3.8) is 0 Å². The van der Waals surface area contributed by atoms with Crippen LogP contribution in [0, 0.1) is 5.92 Å². The maximum Gasteiger partial charge on any atom is 0.311 e. The highest BCUT2D eigenvalue weighted by Crippen LogP contribution is 2.32. The van der Waals surface area contributed by atoms with Crippen LogP contribution < -0.4 is 4.74 Å². The highest BCUT2D eigenvalue weighted by atomic mass is 16.5. The molecule has 0 saturated carbocycles. The fraction of sp³-hybridized carbons (Fsp3) is 0.500. The molecule has 0 heterocycles. The molecule has 2 atom stereocenters. The lowest BCUT2D eigenvalue weighted by Crippen LogP contribution is -2.24. The van der Waals surface area contributed by atoms with Gasteiger partial charge in [0.25, 0.3) is 0 Å². The Morgan fingerprint density at radius 1 is 1.33 bits per heavy atom. The van der Waals surface area contributed by atoms with Gasteiger partial charge >= 0.3 is 5.97 Å². The number of aliphatic hydroxyl groups excluding tert-OH is 1. The maximum absolute atomic E-state index is 11.8. The summed E-state index contributed by atoms with van der Waals surface area (Å²) in [4.78, 5) is 11.8. The largest absolute Gasteiger partial charge is 0.496 e. The van der Waals surface area contributed by atoms with Gasteiger partial charge in [-0.2, -0.15) is 0 Å². The SMILES string of the molecule is CCOC(=O)C(CC)C(O)c1ccccc1OC. The Bertz CT molecular complexity index is 389. The first-order valence-corrected chi connectivity index (χ1v) is 6.13. The van der Waals surface area contributed by atoms with Crippen LogP contribution in [0.15, 0.2) is 24.3 Å². The summed E-state index contributed by atoms with van der Waals surface area (Å²) in [6, 6.07) is 7.14. The number of hydrogen-bond acceptors (Lipinski definition) is 4. The lowest BCUT2D eigenvalue weighted by atomic mass is 9.93. The summed E-state index contributed by atoms with van der Waals surface area (Å²) in [5.41, 5.74) is 0.611. The number of esters is 1. The summed E-state index contributed by atoms with van der Waals surface area (Å²) in [7, 11) is 1.54. The van der Waals surface area contributed by atoms with Crippen molar-refractivity contribution in [3.8, 4) is 5.75 Å². The first kappa shape index (κ1) is 14.5. The van der Waals surface area contributed by atoms with Crippen LogP contribution in [0.3, 0.4) is 0 Å². The van der Waals surface area contributed by atoms with E-state index in [1.165, 1.54) is 7.11 Å². The second-order valence-corrected chi connectivity index (χ2v) is 3.95. The van der Waals surface area contributed by atoms with E-state index in [2.05, 4.69) is 0 Å². The van der Waals surface area contributed by atoms with Gasteiger partial charge in [0.1, 0.15) is 5.75 Å². The molecule has 0 aliphatic carbocycles. The zero-order chi connectivity index (χ0) is 13.5. The smallest absolute Gasteiger partial charge is 0.311 e. The summed E-state index contributed by atoms with van der Waals surface area (Å²) in [6.45, 7) is 3.91. The molecular formula is C14H20O4. The second kappa shape index (κ2) is 7.01. The molecule has 4 nitrogen and oxygen atoms in total. The summed E-state index contributed by atoms with van der Waals surface area (Å²) in [5, 5.41) is 10.3. The van der Waals surface area contributed by atoms with Crippen molar-refractivity contribution in [2.45, 2.75) is 26.4 Å². The molecule has 0 aliphatic rings. The zero-order valence-electron chi connectivity index (χ0n) is 11.1. The first-order chi connectivity index (χ1) is 8.65. The average Bonchev–Trinajstić information content (AvgIpc) is 2.39. The molecule has 0 spiro atoms. The minimum atomic E-state index is -0.912. The third-order valence-electron chi connectivity index (χ3n) is 2.87. The van der Waals surface area contributed by atoms with Crippen LogP contribution >= 0.6 is 0 Å². The Hall–Kier alpha value is -1.55. The van der Waals surface area contributed by atoms with Crippen molar-refractivity contribution in [3.05, 3.63) is 29.8 Å². The average molecular weight is 252 g/mol. The van der Waals surface area contributed by atoms with Crippen molar-refractivity contribution >= 4 is 5.97 Å². The number of carbonyl (C=O) groups is 1. The molecule has 1 aromatic carbocycles. The quantitative estimate of drug-likeness (QED) is 0.789. The van der Waals surface area contributed by atoms with Gasteiger partial charge in [-0.25, -0.2) is 0 Å². The van der Waals surface area contributed by atoms with E-state index in [1.807, 2.05) is 13.0 Å². The highest BCUT2D eigenvalue weighted by molar-refractivity contribution is 5.73. The van der Waals surface area contributed by atoms with E-state index in [0.29, 0.717) is 24.3 Å². The number of methoxy groups -OCH3 is 1. The van der Waals surface area contributed by atoms with E-state index < -0.39 is 12.0 Å². The summed E-state index contributed by atoms with van der Waals surface area (Å²) < 4.78 is 10.2. The molecule has 18 heavy (non-hydrogen) atoms. The van der Waals surface area contributed by atoms with Gasteiger partial charge in [0.15, 0.2) is 0 Å². The Kier molecular flexibility index (Phi) is 5.65. The Labute approximate surface area is 108 Å². The third-order valence-corrected chi connectivity index (χ3v) is 2.87. The van der Waals surface area contributed by atoms with Gasteiger partial charge in [0.05, 0.1) is 25.7 Å². The van der Waals surface area contributed by atoms with Crippen LogP contribution in [0.2, 0.25) is 0 Å². The lowest BCUT2D eigenvalue weighted by molar-refractivity contribution is -0.152. The van der Waals surface area contributed by atoms with Gasteiger partial charge in [-0.05, 0) is 19.4 Å². The minimum Gasteiger partial charge on any atom is -0.496 e. The molecule has 0 aromatic heterocycles. The maximum atomic E-state index is 11.8. The van der Waals surface area contributed by atoms with Crippen LogP contribution in [0.4, 0.5) is 0 Å². The molecule has 0 fully saturated rings. The van der Waals surface area contributed by atoms with Crippen LogP contribution in [-0.4, -0.2) is 24.8 Å².